The second-order valence-corrected chi connectivity index (χ2v) is 4.50. The zero-order valence-corrected chi connectivity index (χ0v) is 10.00. The number of hydrogen-bond donors (Lipinski definition) is 0. The molecule has 2 aromatic rings. The average molecular weight is 248 g/mol. The van der Waals surface area contributed by atoms with Gasteiger partial charge >= 0.3 is 0 Å². The highest BCUT2D eigenvalue weighted by atomic mass is 32.1. The molecule has 0 saturated heterocycles. The van der Waals surface area contributed by atoms with Crippen molar-refractivity contribution in [3.63, 3.8) is 0 Å². The van der Waals surface area contributed by atoms with E-state index in [2.05, 4.69) is 10.3 Å². The van der Waals surface area contributed by atoms with Crippen molar-refractivity contribution >= 4 is 22.8 Å². The molecule has 0 bridgehead atoms. The van der Waals surface area contributed by atoms with E-state index in [9.17, 15) is 4.79 Å². The van der Waals surface area contributed by atoms with Crippen LogP contribution in [0.15, 0.2) is 21.1 Å². The quantitative estimate of drug-likeness (QED) is 0.618. The lowest BCUT2D eigenvalue weighted by Crippen LogP contribution is -2.18. The summed E-state index contributed by atoms with van der Waals surface area (Å²) in [6.07, 6.45) is 0. The number of nitrogens with zero attached hydrogens (tertiary/aromatic N) is 2. The Morgan fingerprint density at radius 1 is 1.53 bits per heavy atom. The van der Waals surface area contributed by atoms with Crippen molar-refractivity contribution in [2.75, 3.05) is 7.11 Å². The Labute approximate surface area is 101 Å². The molecule has 0 N–H and O–H groups in total. The van der Waals surface area contributed by atoms with Crippen LogP contribution in [0.3, 0.4) is 0 Å². The fourth-order valence-corrected chi connectivity index (χ4v) is 2.73. The van der Waals surface area contributed by atoms with Gasteiger partial charge in [0.25, 0.3) is 0 Å². The number of carbonyl (C=O) groups is 1. The summed E-state index contributed by atoms with van der Waals surface area (Å²) < 4.78 is 5.17. The molecule has 0 fully saturated rings. The molecule has 2 heterocycles. The molecule has 0 aromatic carbocycles. The molecule has 1 aliphatic carbocycles. The highest BCUT2D eigenvalue weighted by Crippen LogP contribution is 2.32. The Balaban J connectivity index is 2.34. The third kappa shape index (κ3) is 1.27. The first-order chi connectivity index (χ1) is 8.24. The van der Waals surface area contributed by atoms with Gasteiger partial charge < -0.3 is 9.36 Å². The molecule has 0 atom stereocenters. The Bertz CT molecular complexity index is 639. The molecule has 17 heavy (non-hydrogen) atoms. The summed E-state index contributed by atoms with van der Waals surface area (Å²) in [5, 5.41) is 9.59. The number of aromatic nitrogens is 1. The minimum absolute atomic E-state index is 0.0567. The monoisotopic (exact) mass is 248 g/mol. The van der Waals surface area contributed by atoms with Crippen LogP contribution in [-0.2, 0) is 4.84 Å². The lowest BCUT2D eigenvalue weighted by Gasteiger charge is -2.10. The van der Waals surface area contributed by atoms with Crippen LogP contribution in [0, 0.1) is 6.92 Å². The standard InChI is InChI=1S/C11H8N2O3S/c1-5-7-9(14)11-6(3-4-17-11)8(13-15-2)10(7)16-12-5/h3-4H,1-2H3/b13-8-. The zero-order valence-electron chi connectivity index (χ0n) is 9.18. The lowest BCUT2D eigenvalue weighted by molar-refractivity contribution is 0.103. The van der Waals surface area contributed by atoms with Gasteiger partial charge in [-0.1, -0.05) is 10.3 Å². The van der Waals surface area contributed by atoms with Crippen molar-refractivity contribution in [2.45, 2.75) is 6.92 Å². The van der Waals surface area contributed by atoms with Crippen molar-refractivity contribution in [2.24, 2.45) is 5.16 Å². The molecule has 1 aliphatic rings. The molecular formula is C11H8N2O3S. The van der Waals surface area contributed by atoms with E-state index in [1.54, 1.807) is 6.92 Å². The van der Waals surface area contributed by atoms with Crippen molar-refractivity contribution in [1.82, 2.24) is 5.16 Å². The van der Waals surface area contributed by atoms with E-state index in [4.69, 9.17) is 9.36 Å². The van der Waals surface area contributed by atoms with Crippen molar-refractivity contribution in [3.8, 4) is 0 Å². The molecule has 86 valence electrons. The van der Waals surface area contributed by atoms with Crippen molar-refractivity contribution in [1.29, 1.82) is 0 Å². The molecule has 2 aromatic heterocycles. The zero-order chi connectivity index (χ0) is 12.0. The largest absolute Gasteiger partial charge is 0.399 e. The SMILES string of the molecule is CO/N=C1/c2ccsc2C(=O)c2c(C)noc21. The van der Waals surface area contributed by atoms with Crippen LogP contribution in [0.4, 0.5) is 0 Å². The van der Waals surface area contributed by atoms with Gasteiger partial charge in [-0.2, -0.15) is 0 Å². The first-order valence-corrected chi connectivity index (χ1v) is 5.82. The molecule has 0 saturated carbocycles. The average Bonchev–Trinajstić information content (AvgIpc) is 2.91. The fourth-order valence-electron chi connectivity index (χ4n) is 1.89. The molecule has 6 heteroatoms. The maximum Gasteiger partial charge on any atom is 0.209 e. The van der Waals surface area contributed by atoms with E-state index in [0.717, 1.165) is 5.56 Å². The topological polar surface area (TPSA) is 64.7 Å². The number of thiophene rings is 1. The van der Waals surface area contributed by atoms with Gasteiger partial charge in [0.15, 0.2) is 5.71 Å². The molecule has 0 amide bonds. The highest BCUT2D eigenvalue weighted by Gasteiger charge is 2.35. The van der Waals surface area contributed by atoms with E-state index >= 15 is 0 Å². The number of ketones is 1. The minimum atomic E-state index is -0.0567. The fraction of sp³-hybridized carbons (Fsp3) is 0.182. The molecule has 3 rings (SSSR count). The van der Waals surface area contributed by atoms with Crippen LogP contribution in [0.25, 0.3) is 0 Å². The van der Waals surface area contributed by atoms with Crippen LogP contribution >= 0.6 is 11.3 Å². The van der Waals surface area contributed by atoms with Gasteiger partial charge in [0, 0.05) is 5.56 Å². The predicted molar refractivity (Wildman–Crippen MR) is 61.6 cm³/mol. The Morgan fingerprint density at radius 3 is 3.12 bits per heavy atom. The third-order valence-corrected chi connectivity index (χ3v) is 3.53. The number of rotatable bonds is 1. The first-order valence-electron chi connectivity index (χ1n) is 4.94. The molecular weight excluding hydrogens is 240 g/mol. The van der Waals surface area contributed by atoms with E-state index in [1.807, 2.05) is 11.4 Å². The predicted octanol–water partition coefficient (Wildman–Crippen LogP) is 1.99. The second-order valence-electron chi connectivity index (χ2n) is 3.59. The number of hydrogen-bond acceptors (Lipinski definition) is 6. The highest BCUT2D eigenvalue weighted by molar-refractivity contribution is 7.12. The van der Waals surface area contributed by atoms with E-state index in [1.165, 1.54) is 18.4 Å². The Morgan fingerprint density at radius 2 is 2.35 bits per heavy atom. The molecule has 0 radical (unpaired) electrons. The summed E-state index contributed by atoms with van der Waals surface area (Å²) in [5.74, 6) is 0.332. The lowest BCUT2D eigenvalue weighted by atomic mass is 9.93. The summed E-state index contributed by atoms with van der Waals surface area (Å²) in [6, 6.07) is 1.83. The van der Waals surface area contributed by atoms with Crippen LogP contribution in [0.2, 0.25) is 0 Å². The molecule has 0 aliphatic heterocycles. The number of oxime groups is 1. The van der Waals surface area contributed by atoms with Gasteiger partial charge in [-0.3, -0.25) is 4.79 Å². The Hall–Kier alpha value is -1.95. The van der Waals surface area contributed by atoms with Gasteiger partial charge in [-0.05, 0) is 18.4 Å². The van der Waals surface area contributed by atoms with Gasteiger partial charge in [0.1, 0.15) is 7.11 Å². The van der Waals surface area contributed by atoms with Crippen LogP contribution in [-0.4, -0.2) is 23.8 Å². The summed E-state index contributed by atoms with van der Waals surface area (Å²) in [4.78, 5) is 17.7. The van der Waals surface area contributed by atoms with E-state index < -0.39 is 0 Å². The molecule has 0 spiro atoms. The number of fused-ring (bicyclic) bond motifs is 2. The molecule has 0 unspecified atom stereocenters. The first kappa shape index (κ1) is 10.2. The summed E-state index contributed by atoms with van der Waals surface area (Å²) in [6.45, 7) is 1.74. The maximum atomic E-state index is 12.2. The summed E-state index contributed by atoms with van der Waals surface area (Å²) in [5.41, 5.74) is 2.33. The van der Waals surface area contributed by atoms with Crippen LogP contribution < -0.4 is 0 Å². The van der Waals surface area contributed by atoms with Crippen molar-refractivity contribution < 1.29 is 14.2 Å². The van der Waals surface area contributed by atoms with Crippen LogP contribution in [0.5, 0.6) is 0 Å². The van der Waals surface area contributed by atoms with Crippen molar-refractivity contribution in [3.05, 3.63) is 38.9 Å². The number of aryl methyl sites for hydroxylation is 1. The number of carbonyl (C=O) groups excluding carboxylic acids is 1. The van der Waals surface area contributed by atoms with Crippen LogP contribution in [0.1, 0.15) is 32.3 Å². The van der Waals surface area contributed by atoms with E-state index in [-0.39, 0.29) is 5.78 Å². The Kier molecular flexibility index (Phi) is 2.12. The minimum Gasteiger partial charge on any atom is -0.399 e. The van der Waals surface area contributed by atoms with Gasteiger partial charge in [0.2, 0.25) is 11.5 Å². The third-order valence-electron chi connectivity index (χ3n) is 2.61. The smallest absolute Gasteiger partial charge is 0.209 e. The normalized spacial score (nSPS) is 15.9. The maximum absolute atomic E-state index is 12.2. The second kappa shape index (κ2) is 3.53. The van der Waals surface area contributed by atoms with E-state index in [0.29, 0.717) is 27.6 Å². The molecule has 5 nitrogen and oxygen atoms in total. The summed E-state index contributed by atoms with van der Waals surface area (Å²) >= 11 is 1.38. The van der Waals surface area contributed by atoms with Gasteiger partial charge in [-0.25, -0.2) is 0 Å². The summed E-state index contributed by atoms with van der Waals surface area (Å²) in [7, 11) is 1.46. The van der Waals surface area contributed by atoms with Gasteiger partial charge in [-0.15, -0.1) is 11.3 Å². The van der Waals surface area contributed by atoms with Gasteiger partial charge in [0.05, 0.1) is 16.1 Å².